The maximum atomic E-state index is 12.5. The topological polar surface area (TPSA) is 92.4 Å². The van der Waals surface area contributed by atoms with Gasteiger partial charge < -0.3 is 10.4 Å². The van der Waals surface area contributed by atoms with E-state index in [0.29, 0.717) is 18.0 Å². The van der Waals surface area contributed by atoms with Gasteiger partial charge in [0.05, 0.1) is 18.0 Å². The zero-order valence-electron chi connectivity index (χ0n) is 15.2. The molecule has 3 aromatic heterocycles. The number of thiophene rings is 1. The smallest absolute Gasteiger partial charge is 0.291 e. The molecule has 1 aliphatic carbocycles. The van der Waals surface area contributed by atoms with E-state index in [4.69, 9.17) is 4.98 Å². The van der Waals surface area contributed by atoms with E-state index in [0.717, 1.165) is 28.9 Å². The van der Waals surface area contributed by atoms with Crippen LogP contribution < -0.4 is 5.32 Å². The summed E-state index contributed by atoms with van der Waals surface area (Å²) >= 11 is 1.74. The predicted octanol–water partition coefficient (Wildman–Crippen LogP) is 2.59. The van der Waals surface area contributed by atoms with Gasteiger partial charge in [0, 0.05) is 4.88 Å². The third-order valence-corrected chi connectivity index (χ3v) is 6.35. The maximum Gasteiger partial charge on any atom is 0.291 e. The standard InChI is InChI=1S/C18H23N5O2S/c1-4-11(8-24)20-17(25)15-21-16-14-13-9(2)6-5-7-12(13)26-18(14)19-10(3)23(16)22-15/h9,11,24H,4-8H2,1-3H3,(H,20,25)/t9-,11-/m1/s1. The van der Waals surface area contributed by atoms with Gasteiger partial charge in [0.1, 0.15) is 10.7 Å². The van der Waals surface area contributed by atoms with Crippen molar-refractivity contribution in [3.8, 4) is 0 Å². The van der Waals surface area contributed by atoms with Crippen molar-refractivity contribution in [3.63, 3.8) is 0 Å². The van der Waals surface area contributed by atoms with Gasteiger partial charge in [-0.1, -0.05) is 13.8 Å². The van der Waals surface area contributed by atoms with Crippen LogP contribution in [0.2, 0.25) is 0 Å². The first-order valence-electron chi connectivity index (χ1n) is 9.13. The highest BCUT2D eigenvalue weighted by Crippen LogP contribution is 2.42. The van der Waals surface area contributed by atoms with Gasteiger partial charge >= 0.3 is 0 Å². The largest absolute Gasteiger partial charge is 0.394 e. The number of carbonyl (C=O) groups is 1. The lowest BCUT2D eigenvalue weighted by molar-refractivity contribution is 0.0904. The minimum absolute atomic E-state index is 0.101. The van der Waals surface area contributed by atoms with Gasteiger partial charge in [-0.15, -0.1) is 16.4 Å². The van der Waals surface area contributed by atoms with Crippen LogP contribution in [-0.2, 0) is 6.42 Å². The third-order valence-electron chi connectivity index (χ3n) is 5.19. The zero-order chi connectivity index (χ0) is 18.4. The number of hydrogen-bond donors (Lipinski definition) is 2. The summed E-state index contributed by atoms with van der Waals surface area (Å²) < 4.78 is 1.67. The van der Waals surface area contributed by atoms with Crippen LogP contribution in [0.3, 0.4) is 0 Å². The molecule has 0 saturated heterocycles. The molecule has 3 heterocycles. The fraction of sp³-hybridized carbons (Fsp3) is 0.556. The van der Waals surface area contributed by atoms with Gasteiger partial charge in [0.15, 0.2) is 5.65 Å². The predicted molar refractivity (Wildman–Crippen MR) is 101 cm³/mol. The van der Waals surface area contributed by atoms with E-state index in [2.05, 4.69) is 22.3 Å². The quantitative estimate of drug-likeness (QED) is 0.733. The zero-order valence-corrected chi connectivity index (χ0v) is 16.1. The molecule has 2 atom stereocenters. The van der Waals surface area contributed by atoms with Crippen molar-refractivity contribution in [2.75, 3.05) is 6.61 Å². The first-order valence-corrected chi connectivity index (χ1v) is 9.95. The van der Waals surface area contributed by atoms with E-state index in [9.17, 15) is 9.90 Å². The lowest BCUT2D eigenvalue weighted by atomic mass is 9.87. The summed E-state index contributed by atoms with van der Waals surface area (Å²) in [4.78, 5) is 24.2. The molecule has 3 aromatic rings. The molecule has 0 radical (unpaired) electrons. The van der Waals surface area contributed by atoms with Crippen molar-refractivity contribution in [1.82, 2.24) is 24.9 Å². The lowest BCUT2D eigenvalue weighted by Crippen LogP contribution is -2.37. The Morgan fingerprint density at radius 2 is 2.27 bits per heavy atom. The second kappa shape index (κ2) is 6.59. The first kappa shape index (κ1) is 17.4. The lowest BCUT2D eigenvalue weighted by Gasteiger charge is -2.18. The number of aliphatic hydroxyl groups is 1. The summed E-state index contributed by atoms with van der Waals surface area (Å²) in [5.74, 6) is 0.949. The van der Waals surface area contributed by atoms with E-state index in [1.54, 1.807) is 15.9 Å². The van der Waals surface area contributed by atoms with Crippen LogP contribution in [0.4, 0.5) is 0 Å². The molecule has 0 spiro atoms. The third kappa shape index (κ3) is 2.68. The summed E-state index contributed by atoms with van der Waals surface area (Å²) in [7, 11) is 0. The summed E-state index contributed by atoms with van der Waals surface area (Å²) in [6.45, 7) is 5.94. The van der Waals surface area contributed by atoms with Crippen LogP contribution in [0.15, 0.2) is 0 Å². The Morgan fingerprint density at radius 1 is 1.46 bits per heavy atom. The molecular weight excluding hydrogens is 350 g/mol. The Balaban J connectivity index is 1.87. The van der Waals surface area contributed by atoms with Crippen LogP contribution in [0, 0.1) is 6.92 Å². The Hall–Kier alpha value is -2.06. The van der Waals surface area contributed by atoms with Crippen molar-refractivity contribution in [2.45, 2.75) is 58.4 Å². The normalized spacial score (nSPS) is 18.2. The van der Waals surface area contributed by atoms with Gasteiger partial charge in [0.2, 0.25) is 5.82 Å². The number of hydrogen-bond acceptors (Lipinski definition) is 6. The summed E-state index contributed by atoms with van der Waals surface area (Å²) in [6.07, 6.45) is 4.10. The molecular formula is C18H23N5O2S. The molecule has 2 N–H and O–H groups in total. The second-order valence-electron chi connectivity index (χ2n) is 7.00. The number of nitrogens with zero attached hydrogens (tertiary/aromatic N) is 4. The van der Waals surface area contributed by atoms with Gasteiger partial charge in [-0.2, -0.15) is 4.52 Å². The summed E-state index contributed by atoms with van der Waals surface area (Å²) in [6, 6.07) is -0.290. The summed E-state index contributed by atoms with van der Waals surface area (Å²) in [5.41, 5.74) is 2.04. The molecule has 0 aromatic carbocycles. The molecule has 0 aliphatic heterocycles. The van der Waals surface area contributed by atoms with Gasteiger partial charge in [-0.3, -0.25) is 4.79 Å². The van der Waals surface area contributed by atoms with Crippen LogP contribution in [0.5, 0.6) is 0 Å². The summed E-state index contributed by atoms with van der Waals surface area (Å²) in [5, 5.41) is 17.5. The Bertz CT molecular complexity index is 989. The van der Waals surface area contributed by atoms with E-state index in [1.807, 2.05) is 13.8 Å². The van der Waals surface area contributed by atoms with E-state index < -0.39 is 0 Å². The highest BCUT2D eigenvalue weighted by molar-refractivity contribution is 7.19. The number of fused-ring (bicyclic) bond motifs is 5. The van der Waals surface area contributed by atoms with Crippen molar-refractivity contribution in [3.05, 3.63) is 22.1 Å². The van der Waals surface area contributed by atoms with Crippen molar-refractivity contribution < 1.29 is 9.90 Å². The molecule has 0 fully saturated rings. The minimum atomic E-state index is -0.362. The maximum absolute atomic E-state index is 12.5. The first-order chi connectivity index (χ1) is 12.5. The second-order valence-corrected chi connectivity index (χ2v) is 8.09. The van der Waals surface area contributed by atoms with E-state index in [1.165, 1.54) is 16.9 Å². The average Bonchev–Trinajstić information content (AvgIpc) is 3.21. The molecule has 4 rings (SSSR count). The average molecular weight is 373 g/mol. The van der Waals surface area contributed by atoms with Crippen molar-refractivity contribution >= 4 is 33.1 Å². The molecule has 0 unspecified atom stereocenters. The number of aryl methyl sites for hydroxylation is 2. The number of aromatic nitrogens is 4. The molecule has 1 amide bonds. The van der Waals surface area contributed by atoms with E-state index >= 15 is 0 Å². The number of aliphatic hydroxyl groups excluding tert-OH is 1. The molecule has 8 heteroatoms. The Kier molecular flexibility index (Phi) is 4.40. The molecule has 1 aliphatic rings. The number of rotatable bonds is 4. The van der Waals surface area contributed by atoms with E-state index in [-0.39, 0.29) is 24.4 Å². The van der Waals surface area contributed by atoms with Crippen molar-refractivity contribution in [1.29, 1.82) is 0 Å². The fourth-order valence-electron chi connectivity index (χ4n) is 3.71. The number of carbonyl (C=O) groups excluding carboxylic acids is 1. The van der Waals surface area contributed by atoms with Crippen LogP contribution in [-0.4, -0.2) is 43.2 Å². The van der Waals surface area contributed by atoms with Crippen LogP contribution in [0.1, 0.15) is 65.9 Å². The molecule has 138 valence electrons. The Morgan fingerprint density at radius 3 is 3.00 bits per heavy atom. The molecule has 7 nitrogen and oxygen atoms in total. The molecule has 0 bridgehead atoms. The minimum Gasteiger partial charge on any atom is -0.394 e. The number of amides is 1. The number of nitrogens with one attached hydrogen (secondary N) is 1. The monoisotopic (exact) mass is 373 g/mol. The fourth-order valence-corrected chi connectivity index (χ4v) is 5.08. The highest BCUT2D eigenvalue weighted by atomic mass is 32.1. The van der Waals surface area contributed by atoms with Crippen molar-refractivity contribution in [2.24, 2.45) is 0 Å². The SMILES string of the molecule is CC[C@H](CO)NC(=O)c1nc2c3c4c(sc3nc(C)n2n1)CCC[C@H]4C. The molecule has 0 saturated carbocycles. The van der Waals surface area contributed by atoms with Crippen LogP contribution >= 0.6 is 11.3 Å². The van der Waals surface area contributed by atoms with Gasteiger partial charge in [-0.05, 0) is 44.1 Å². The highest BCUT2D eigenvalue weighted by Gasteiger charge is 2.27. The Labute approximate surface area is 155 Å². The van der Waals surface area contributed by atoms with Gasteiger partial charge in [0.25, 0.3) is 5.91 Å². The molecule has 26 heavy (non-hydrogen) atoms. The van der Waals surface area contributed by atoms with Gasteiger partial charge in [-0.25, -0.2) is 9.97 Å². The van der Waals surface area contributed by atoms with Crippen LogP contribution in [0.25, 0.3) is 15.9 Å².